The number of benzene rings is 2. The maximum absolute atomic E-state index is 12.4. The van der Waals surface area contributed by atoms with Gasteiger partial charge in [-0.05, 0) is 42.8 Å². The Morgan fingerprint density at radius 1 is 1.00 bits per heavy atom. The molecule has 1 aliphatic heterocycles. The van der Waals surface area contributed by atoms with Gasteiger partial charge in [0, 0.05) is 32.2 Å². The van der Waals surface area contributed by atoms with Gasteiger partial charge >= 0.3 is 5.69 Å². The fraction of sp³-hybridized carbons (Fsp3) is 0.364. The number of nitro benzene ring substituents is 1. The molecule has 0 spiro atoms. The van der Waals surface area contributed by atoms with Crippen LogP contribution in [0.4, 0.5) is 5.69 Å². The summed E-state index contributed by atoms with van der Waals surface area (Å²) in [5.41, 5.74) is 0.625. The van der Waals surface area contributed by atoms with Crippen LogP contribution in [0.5, 0.6) is 17.2 Å². The molecule has 0 atom stereocenters. The lowest BCUT2D eigenvalue weighted by Crippen LogP contribution is -2.51. The van der Waals surface area contributed by atoms with Crippen molar-refractivity contribution < 1.29 is 29.1 Å². The molecule has 0 radical (unpaired) electrons. The number of amides is 2. The number of phenolic OH excluding ortho intramolecular Hbond substituents is 1. The molecule has 1 saturated heterocycles. The molecular weight excluding hydrogens is 418 g/mol. The molecule has 10 heteroatoms. The summed E-state index contributed by atoms with van der Waals surface area (Å²) in [7, 11) is 0. The van der Waals surface area contributed by atoms with Gasteiger partial charge in [-0.1, -0.05) is 6.07 Å². The highest BCUT2D eigenvalue weighted by molar-refractivity contribution is 5.79. The molecule has 2 aromatic carbocycles. The Balaban J connectivity index is 1.40. The predicted molar refractivity (Wildman–Crippen MR) is 115 cm³/mol. The molecule has 1 N–H and O–H groups in total. The third-order valence-corrected chi connectivity index (χ3v) is 5.07. The summed E-state index contributed by atoms with van der Waals surface area (Å²) in [6.07, 6.45) is 0.0863. The zero-order valence-corrected chi connectivity index (χ0v) is 17.7. The van der Waals surface area contributed by atoms with E-state index in [1.165, 1.54) is 24.3 Å². The third-order valence-electron chi connectivity index (χ3n) is 5.07. The van der Waals surface area contributed by atoms with Gasteiger partial charge in [0.2, 0.25) is 5.91 Å². The molecule has 0 bridgehead atoms. The summed E-state index contributed by atoms with van der Waals surface area (Å²) < 4.78 is 10.9. The van der Waals surface area contributed by atoms with E-state index >= 15 is 0 Å². The fourth-order valence-electron chi connectivity index (χ4n) is 3.28. The Bertz CT molecular complexity index is 970. The van der Waals surface area contributed by atoms with Gasteiger partial charge in [0.05, 0.1) is 18.0 Å². The first-order valence-corrected chi connectivity index (χ1v) is 10.2. The van der Waals surface area contributed by atoms with Crippen LogP contribution in [0.2, 0.25) is 0 Å². The van der Waals surface area contributed by atoms with Gasteiger partial charge in [0.1, 0.15) is 11.5 Å². The quantitative estimate of drug-likeness (QED) is 0.490. The van der Waals surface area contributed by atoms with Gasteiger partial charge in [-0.15, -0.1) is 0 Å². The lowest BCUT2D eigenvalue weighted by atomic mass is 10.2. The molecule has 32 heavy (non-hydrogen) atoms. The van der Waals surface area contributed by atoms with Crippen molar-refractivity contribution in [3.63, 3.8) is 0 Å². The average Bonchev–Trinajstić information content (AvgIpc) is 2.79. The Morgan fingerprint density at radius 3 is 2.25 bits per heavy atom. The topological polar surface area (TPSA) is 122 Å². The molecule has 10 nitrogen and oxygen atoms in total. The molecule has 170 valence electrons. The number of carbonyl (C=O) groups excluding carboxylic acids is 2. The van der Waals surface area contributed by atoms with Crippen LogP contribution >= 0.6 is 0 Å². The predicted octanol–water partition coefficient (Wildman–Crippen LogP) is 2.13. The van der Waals surface area contributed by atoms with Crippen molar-refractivity contribution in [2.45, 2.75) is 13.3 Å². The smallest absolute Gasteiger partial charge is 0.311 e. The standard InChI is InChI=1S/C22H25N3O7/c1-16-2-7-20(19(14-16)25(29)30)31-13-8-21(27)23-9-11-24(12-10-23)22(28)15-32-18-5-3-17(26)4-6-18/h2-7,14,26H,8-13,15H2,1H3. The number of rotatable bonds is 8. The van der Waals surface area contributed by atoms with Crippen molar-refractivity contribution in [3.05, 3.63) is 58.1 Å². The molecule has 0 aliphatic carbocycles. The van der Waals surface area contributed by atoms with E-state index in [4.69, 9.17) is 9.47 Å². The number of hydrogen-bond acceptors (Lipinski definition) is 7. The second-order valence-electron chi connectivity index (χ2n) is 7.37. The van der Waals surface area contributed by atoms with Gasteiger partial charge in [0.25, 0.3) is 5.91 Å². The normalized spacial score (nSPS) is 13.5. The zero-order valence-electron chi connectivity index (χ0n) is 17.7. The number of ether oxygens (including phenoxy) is 2. The Morgan fingerprint density at radius 2 is 1.62 bits per heavy atom. The van der Waals surface area contributed by atoms with E-state index in [1.54, 1.807) is 34.9 Å². The largest absolute Gasteiger partial charge is 0.508 e. The van der Waals surface area contributed by atoms with Gasteiger partial charge in [-0.25, -0.2) is 0 Å². The first-order chi connectivity index (χ1) is 15.3. The van der Waals surface area contributed by atoms with E-state index in [0.717, 1.165) is 5.56 Å². The second-order valence-corrected chi connectivity index (χ2v) is 7.37. The molecule has 2 amide bonds. The van der Waals surface area contributed by atoms with Crippen LogP contribution < -0.4 is 9.47 Å². The van der Waals surface area contributed by atoms with Crippen molar-refractivity contribution in [1.82, 2.24) is 9.80 Å². The lowest BCUT2D eigenvalue weighted by molar-refractivity contribution is -0.385. The number of piperazine rings is 1. The van der Waals surface area contributed by atoms with Crippen LogP contribution in [0.15, 0.2) is 42.5 Å². The SMILES string of the molecule is Cc1ccc(OCCC(=O)N2CCN(C(=O)COc3ccc(O)cc3)CC2)c([N+](=O)[O-])c1. The third kappa shape index (κ3) is 6.10. The van der Waals surface area contributed by atoms with E-state index < -0.39 is 4.92 Å². The van der Waals surface area contributed by atoms with Crippen molar-refractivity contribution in [2.75, 3.05) is 39.4 Å². The number of hydrogen-bond donors (Lipinski definition) is 1. The lowest BCUT2D eigenvalue weighted by Gasteiger charge is -2.34. The van der Waals surface area contributed by atoms with Gasteiger partial charge in [-0.2, -0.15) is 0 Å². The maximum atomic E-state index is 12.4. The zero-order chi connectivity index (χ0) is 23.1. The van der Waals surface area contributed by atoms with E-state index in [-0.39, 0.29) is 48.6 Å². The Labute approximate surface area is 185 Å². The van der Waals surface area contributed by atoms with E-state index in [1.807, 2.05) is 0 Å². The minimum Gasteiger partial charge on any atom is -0.508 e. The minimum atomic E-state index is -0.508. The molecule has 0 saturated carbocycles. The van der Waals surface area contributed by atoms with Gasteiger partial charge in [-0.3, -0.25) is 19.7 Å². The molecule has 1 fully saturated rings. The molecule has 3 rings (SSSR count). The summed E-state index contributed by atoms with van der Waals surface area (Å²) in [6.45, 7) is 3.25. The number of carbonyl (C=O) groups is 2. The summed E-state index contributed by atoms with van der Waals surface area (Å²) in [4.78, 5) is 38.7. The summed E-state index contributed by atoms with van der Waals surface area (Å²) in [5, 5.41) is 20.4. The first kappa shape index (κ1) is 22.9. The summed E-state index contributed by atoms with van der Waals surface area (Å²) in [5.74, 6) is 0.426. The highest BCUT2D eigenvalue weighted by Gasteiger charge is 2.24. The molecule has 1 aliphatic rings. The van der Waals surface area contributed by atoms with Crippen molar-refractivity contribution in [1.29, 1.82) is 0 Å². The number of phenols is 1. The first-order valence-electron chi connectivity index (χ1n) is 10.2. The Kier molecular flexibility index (Phi) is 7.48. The number of aryl methyl sites for hydroxylation is 1. The molecular formula is C22H25N3O7. The van der Waals surface area contributed by atoms with Crippen LogP contribution in [-0.2, 0) is 9.59 Å². The Hall–Kier alpha value is -3.82. The summed E-state index contributed by atoms with van der Waals surface area (Å²) >= 11 is 0. The van der Waals surface area contributed by atoms with Crippen LogP contribution in [0.1, 0.15) is 12.0 Å². The van der Waals surface area contributed by atoms with Crippen LogP contribution in [0.25, 0.3) is 0 Å². The average molecular weight is 443 g/mol. The number of nitrogens with zero attached hydrogens (tertiary/aromatic N) is 3. The van der Waals surface area contributed by atoms with Gasteiger partial charge < -0.3 is 24.4 Å². The van der Waals surface area contributed by atoms with Crippen molar-refractivity contribution in [3.8, 4) is 17.2 Å². The second kappa shape index (κ2) is 10.5. The number of nitro groups is 1. The van der Waals surface area contributed by atoms with Crippen molar-refractivity contribution in [2.24, 2.45) is 0 Å². The van der Waals surface area contributed by atoms with Gasteiger partial charge in [0.15, 0.2) is 12.4 Å². The maximum Gasteiger partial charge on any atom is 0.311 e. The summed E-state index contributed by atoms with van der Waals surface area (Å²) in [6, 6.07) is 10.8. The molecule has 0 aromatic heterocycles. The van der Waals surface area contributed by atoms with Crippen LogP contribution in [-0.4, -0.2) is 71.0 Å². The number of aromatic hydroxyl groups is 1. The van der Waals surface area contributed by atoms with Crippen molar-refractivity contribution >= 4 is 17.5 Å². The van der Waals surface area contributed by atoms with E-state index in [2.05, 4.69) is 0 Å². The molecule has 2 aromatic rings. The van der Waals surface area contributed by atoms with Crippen LogP contribution in [0, 0.1) is 17.0 Å². The molecule has 1 heterocycles. The fourth-order valence-corrected chi connectivity index (χ4v) is 3.28. The highest BCUT2D eigenvalue weighted by Crippen LogP contribution is 2.27. The monoisotopic (exact) mass is 443 g/mol. The van der Waals surface area contributed by atoms with Crippen LogP contribution in [0.3, 0.4) is 0 Å². The van der Waals surface area contributed by atoms with E-state index in [9.17, 15) is 24.8 Å². The van der Waals surface area contributed by atoms with E-state index in [0.29, 0.717) is 31.9 Å². The molecule has 0 unspecified atom stereocenters. The highest BCUT2D eigenvalue weighted by atomic mass is 16.6. The minimum absolute atomic E-state index is 0.0301.